The van der Waals surface area contributed by atoms with E-state index in [1.54, 1.807) is 25.3 Å². The summed E-state index contributed by atoms with van der Waals surface area (Å²) in [5, 5.41) is 21.6. The fourth-order valence-electron chi connectivity index (χ4n) is 2.85. The van der Waals surface area contributed by atoms with Crippen LogP contribution < -0.4 is 10.1 Å². The van der Waals surface area contributed by atoms with E-state index in [2.05, 4.69) is 10.2 Å². The number of carbonyl (C=O) groups is 1. The van der Waals surface area contributed by atoms with Gasteiger partial charge in [-0.1, -0.05) is 11.6 Å². The fraction of sp³-hybridized carbons (Fsp3) is 0.611. The Hall–Kier alpha value is -1.38. The fourth-order valence-corrected chi connectivity index (χ4v) is 3.08. The molecule has 3 N–H and O–H groups in total. The lowest BCUT2D eigenvalue weighted by molar-refractivity contribution is 0.0346. The van der Waals surface area contributed by atoms with Crippen molar-refractivity contribution in [2.45, 2.75) is 25.0 Å². The van der Waals surface area contributed by atoms with Crippen molar-refractivity contribution >= 4 is 17.5 Å². The number of β-amino-alcohol motifs (C(OH)–C–C–N with tert-alkyl or cyclic N) is 1. The molecule has 1 aliphatic rings. The normalized spacial score (nSPS) is 17.1. The standard InChI is InChI=1S/C18H27ClN2O5/c1-25-9-6-20-18(24)13-2-3-17(16(19)10-13)26-15-4-7-21(8-5-15)11-14(23)12-22/h2-3,10,14-15,22-23H,4-9,11-12H2,1H3,(H,20,24)/t14-/m0/s1. The Bertz CT molecular complexity index is 579. The average Bonchev–Trinajstić information content (AvgIpc) is 2.64. The number of methoxy groups -OCH3 is 1. The zero-order chi connectivity index (χ0) is 18.9. The number of nitrogens with one attached hydrogen (secondary N) is 1. The van der Waals surface area contributed by atoms with Gasteiger partial charge in [0.25, 0.3) is 5.91 Å². The first-order valence-corrected chi connectivity index (χ1v) is 9.16. The molecular weight excluding hydrogens is 360 g/mol. The number of benzene rings is 1. The Balaban J connectivity index is 1.84. The number of ether oxygens (including phenoxy) is 2. The van der Waals surface area contributed by atoms with Crippen LogP contribution in [0, 0.1) is 0 Å². The van der Waals surface area contributed by atoms with Crippen molar-refractivity contribution in [3.63, 3.8) is 0 Å². The van der Waals surface area contributed by atoms with Crippen molar-refractivity contribution in [2.75, 3.05) is 46.5 Å². The van der Waals surface area contributed by atoms with Gasteiger partial charge in [0.05, 0.1) is 24.3 Å². The van der Waals surface area contributed by atoms with E-state index in [9.17, 15) is 9.90 Å². The lowest BCUT2D eigenvalue weighted by Gasteiger charge is -2.33. The summed E-state index contributed by atoms with van der Waals surface area (Å²) < 4.78 is 10.9. The summed E-state index contributed by atoms with van der Waals surface area (Å²) in [5.41, 5.74) is 0.478. The number of halogens is 1. The summed E-state index contributed by atoms with van der Waals surface area (Å²) in [5.74, 6) is 0.361. The minimum absolute atomic E-state index is 0.0383. The minimum Gasteiger partial charge on any atom is -0.489 e. The third kappa shape index (κ3) is 6.41. The zero-order valence-corrected chi connectivity index (χ0v) is 15.7. The summed E-state index contributed by atoms with van der Waals surface area (Å²) in [6.45, 7) is 2.72. The van der Waals surface area contributed by atoms with Crippen LogP contribution in [0.1, 0.15) is 23.2 Å². The molecule has 1 heterocycles. The van der Waals surface area contributed by atoms with Gasteiger partial charge >= 0.3 is 0 Å². The number of carbonyl (C=O) groups excluding carboxylic acids is 1. The second-order valence-electron chi connectivity index (χ2n) is 6.35. The lowest BCUT2D eigenvalue weighted by atomic mass is 10.1. The van der Waals surface area contributed by atoms with E-state index >= 15 is 0 Å². The number of nitrogens with zero attached hydrogens (tertiary/aromatic N) is 1. The lowest BCUT2D eigenvalue weighted by Crippen LogP contribution is -2.42. The number of aliphatic hydroxyl groups is 2. The number of piperidine rings is 1. The van der Waals surface area contributed by atoms with Crippen LogP contribution in [0.15, 0.2) is 18.2 Å². The maximum atomic E-state index is 12.0. The summed E-state index contributed by atoms with van der Waals surface area (Å²) in [6, 6.07) is 5.01. The van der Waals surface area contributed by atoms with Crippen molar-refractivity contribution in [3.05, 3.63) is 28.8 Å². The van der Waals surface area contributed by atoms with Gasteiger partial charge < -0.3 is 29.9 Å². The van der Waals surface area contributed by atoms with Crippen molar-refractivity contribution in [1.82, 2.24) is 10.2 Å². The monoisotopic (exact) mass is 386 g/mol. The number of rotatable bonds is 9. The van der Waals surface area contributed by atoms with Crippen LogP contribution in [0.5, 0.6) is 5.75 Å². The molecule has 1 aliphatic heterocycles. The zero-order valence-electron chi connectivity index (χ0n) is 15.0. The van der Waals surface area contributed by atoms with Crippen LogP contribution in [0.4, 0.5) is 0 Å². The van der Waals surface area contributed by atoms with E-state index in [0.29, 0.717) is 36.0 Å². The van der Waals surface area contributed by atoms with Crippen LogP contribution in [-0.4, -0.2) is 79.7 Å². The highest BCUT2D eigenvalue weighted by Crippen LogP contribution is 2.28. The molecule has 1 aromatic carbocycles. The molecule has 0 aromatic heterocycles. The van der Waals surface area contributed by atoms with Gasteiger partial charge in [-0.3, -0.25) is 4.79 Å². The van der Waals surface area contributed by atoms with Crippen LogP contribution in [-0.2, 0) is 4.74 Å². The van der Waals surface area contributed by atoms with E-state index < -0.39 is 6.10 Å². The van der Waals surface area contributed by atoms with Crippen molar-refractivity contribution in [1.29, 1.82) is 0 Å². The first-order valence-electron chi connectivity index (χ1n) is 8.78. The summed E-state index contributed by atoms with van der Waals surface area (Å²) in [4.78, 5) is 14.1. The van der Waals surface area contributed by atoms with E-state index in [4.69, 9.17) is 26.2 Å². The molecule has 7 nitrogen and oxygen atoms in total. The van der Waals surface area contributed by atoms with E-state index in [1.165, 1.54) is 0 Å². The molecule has 0 saturated carbocycles. The minimum atomic E-state index is -0.704. The molecule has 1 saturated heterocycles. The number of hydrogen-bond acceptors (Lipinski definition) is 6. The van der Waals surface area contributed by atoms with Gasteiger partial charge in [-0.25, -0.2) is 0 Å². The highest BCUT2D eigenvalue weighted by molar-refractivity contribution is 6.32. The predicted molar refractivity (Wildman–Crippen MR) is 98.8 cm³/mol. The van der Waals surface area contributed by atoms with Gasteiger partial charge in [0.1, 0.15) is 11.9 Å². The molecule has 1 atom stereocenters. The Labute approximate surface area is 158 Å². The van der Waals surface area contributed by atoms with Crippen molar-refractivity contribution < 1.29 is 24.5 Å². The molecule has 0 aliphatic carbocycles. The largest absolute Gasteiger partial charge is 0.489 e. The number of amides is 1. The maximum Gasteiger partial charge on any atom is 0.251 e. The first-order chi connectivity index (χ1) is 12.5. The Morgan fingerprint density at radius 2 is 2.15 bits per heavy atom. The van der Waals surface area contributed by atoms with Gasteiger partial charge in [0.2, 0.25) is 0 Å². The molecule has 1 fully saturated rings. The van der Waals surface area contributed by atoms with Gasteiger partial charge in [-0.2, -0.15) is 0 Å². The van der Waals surface area contributed by atoms with Crippen molar-refractivity contribution in [3.8, 4) is 5.75 Å². The Morgan fingerprint density at radius 3 is 2.77 bits per heavy atom. The van der Waals surface area contributed by atoms with Crippen LogP contribution in [0.25, 0.3) is 0 Å². The highest BCUT2D eigenvalue weighted by Gasteiger charge is 2.23. The third-order valence-electron chi connectivity index (χ3n) is 4.29. The number of likely N-dealkylation sites (tertiary alicyclic amines) is 1. The second-order valence-corrected chi connectivity index (χ2v) is 6.76. The smallest absolute Gasteiger partial charge is 0.251 e. The maximum absolute atomic E-state index is 12.0. The van der Waals surface area contributed by atoms with Gasteiger partial charge in [-0.05, 0) is 31.0 Å². The molecule has 0 radical (unpaired) electrons. The topological polar surface area (TPSA) is 91.3 Å². The Kier molecular flexibility index (Phi) is 8.61. The van der Waals surface area contributed by atoms with Gasteiger partial charge in [0, 0.05) is 38.9 Å². The third-order valence-corrected chi connectivity index (χ3v) is 4.59. The molecule has 0 spiro atoms. The van der Waals surface area contributed by atoms with Crippen molar-refractivity contribution in [2.24, 2.45) is 0 Å². The average molecular weight is 387 g/mol. The SMILES string of the molecule is COCCNC(=O)c1ccc(OC2CCN(C[C@H](O)CO)CC2)c(Cl)c1. The van der Waals surface area contributed by atoms with Crippen LogP contribution in [0.2, 0.25) is 5.02 Å². The second kappa shape index (κ2) is 10.7. The molecular formula is C18H27ClN2O5. The molecule has 0 unspecified atom stereocenters. The molecule has 8 heteroatoms. The molecule has 2 rings (SSSR count). The molecule has 0 bridgehead atoms. The van der Waals surface area contributed by atoms with E-state index in [-0.39, 0.29) is 18.6 Å². The van der Waals surface area contributed by atoms with E-state index in [0.717, 1.165) is 25.9 Å². The number of hydrogen-bond donors (Lipinski definition) is 3. The molecule has 1 aromatic rings. The van der Waals surface area contributed by atoms with Crippen LogP contribution in [0.3, 0.4) is 0 Å². The predicted octanol–water partition coefficient (Wildman–Crippen LogP) is 0.913. The molecule has 1 amide bonds. The molecule has 146 valence electrons. The van der Waals surface area contributed by atoms with Gasteiger partial charge in [0.15, 0.2) is 0 Å². The number of aliphatic hydroxyl groups excluding tert-OH is 2. The summed E-state index contributed by atoms with van der Waals surface area (Å²) >= 11 is 6.27. The molecule has 26 heavy (non-hydrogen) atoms. The Morgan fingerprint density at radius 1 is 1.42 bits per heavy atom. The summed E-state index contributed by atoms with van der Waals surface area (Å²) in [7, 11) is 1.58. The first kappa shape index (κ1) is 20.9. The summed E-state index contributed by atoms with van der Waals surface area (Å²) in [6.07, 6.45) is 0.961. The highest BCUT2D eigenvalue weighted by atomic mass is 35.5. The van der Waals surface area contributed by atoms with Crippen LogP contribution >= 0.6 is 11.6 Å². The van der Waals surface area contributed by atoms with E-state index in [1.807, 2.05) is 0 Å². The van der Waals surface area contributed by atoms with Gasteiger partial charge in [-0.15, -0.1) is 0 Å². The quantitative estimate of drug-likeness (QED) is 0.546.